The molecule has 92 valence electrons. The lowest BCUT2D eigenvalue weighted by Crippen LogP contribution is -2.06. The first-order valence-electron chi connectivity index (χ1n) is 5.76. The largest absolute Gasteiger partial charge is 0.493 e. The zero-order valence-electron chi connectivity index (χ0n) is 10.0. The van der Waals surface area contributed by atoms with E-state index < -0.39 is 5.97 Å². The number of carbonyl (C=O) groups is 1. The predicted octanol–water partition coefficient (Wildman–Crippen LogP) is 2.67. The second-order valence-electron chi connectivity index (χ2n) is 4.16. The summed E-state index contributed by atoms with van der Waals surface area (Å²) in [6, 6.07) is 3.24. The Morgan fingerprint density at radius 1 is 1.59 bits per heavy atom. The van der Waals surface area contributed by atoms with Crippen molar-refractivity contribution in [3.63, 3.8) is 0 Å². The van der Waals surface area contributed by atoms with E-state index in [4.69, 9.17) is 9.47 Å². The number of rotatable bonds is 4. The summed E-state index contributed by atoms with van der Waals surface area (Å²) in [5, 5.41) is 9.20. The number of carboxylic acid groups (broad SMARTS) is 1. The van der Waals surface area contributed by atoms with Crippen LogP contribution in [-0.4, -0.2) is 24.8 Å². The lowest BCUT2D eigenvalue weighted by Gasteiger charge is -2.11. The second kappa shape index (κ2) is 4.65. The predicted molar refractivity (Wildman–Crippen MR) is 63.1 cm³/mol. The van der Waals surface area contributed by atoms with Gasteiger partial charge in [0.1, 0.15) is 0 Å². The maximum Gasteiger partial charge on any atom is 0.336 e. The van der Waals surface area contributed by atoms with Gasteiger partial charge in [0.25, 0.3) is 0 Å². The maximum absolute atomic E-state index is 11.2. The molecular weight excluding hydrogens is 220 g/mol. The zero-order valence-corrected chi connectivity index (χ0v) is 10.0. The summed E-state index contributed by atoms with van der Waals surface area (Å²) in [4.78, 5) is 11.2. The van der Waals surface area contributed by atoms with E-state index in [1.807, 2.05) is 0 Å². The molecule has 1 aromatic carbocycles. The van der Waals surface area contributed by atoms with E-state index in [0.717, 1.165) is 18.4 Å². The number of methoxy groups -OCH3 is 1. The van der Waals surface area contributed by atoms with Crippen LogP contribution in [0.2, 0.25) is 0 Å². The first-order valence-corrected chi connectivity index (χ1v) is 5.76. The maximum atomic E-state index is 11.2. The van der Waals surface area contributed by atoms with Gasteiger partial charge < -0.3 is 14.6 Å². The van der Waals surface area contributed by atoms with E-state index in [1.165, 1.54) is 0 Å². The number of benzene rings is 1. The molecule has 0 saturated carbocycles. The summed E-state index contributed by atoms with van der Waals surface area (Å²) >= 11 is 0. The highest BCUT2D eigenvalue weighted by molar-refractivity contribution is 5.91. The van der Waals surface area contributed by atoms with Gasteiger partial charge in [-0.15, -0.1) is 0 Å². The molecule has 0 saturated heterocycles. The van der Waals surface area contributed by atoms with Gasteiger partial charge in [0, 0.05) is 11.5 Å². The Morgan fingerprint density at radius 2 is 2.35 bits per heavy atom. The van der Waals surface area contributed by atoms with Crippen LogP contribution in [0.25, 0.3) is 0 Å². The van der Waals surface area contributed by atoms with Crippen LogP contribution >= 0.6 is 0 Å². The molecule has 0 spiro atoms. The van der Waals surface area contributed by atoms with Gasteiger partial charge >= 0.3 is 5.97 Å². The van der Waals surface area contributed by atoms with Gasteiger partial charge in [0.05, 0.1) is 19.3 Å². The normalized spacial score (nSPS) is 17.4. The minimum Gasteiger partial charge on any atom is -0.493 e. The molecule has 1 aromatic rings. The Balaban J connectivity index is 2.52. The van der Waals surface area contributed by atoms with Gasteiger partial charge in [0.2, 0.25) is 0 Å². The molecule has 1 aliphatic rings. The molecule has 0 aromatic heterocycles. The quantitative estimate of drug-likeness (QED) is 0.873. The highest BCUT2D eigenvalue weighted by Crippen LogP contribution is 2.44. The molecule has 0 aliphatic carbocycles. The summed E-state index contributed by atoms with van der Waals surface area (Å²) in [6.45, 7) is 2.63. The standard InChI is InChI=1S/C13H16O4/c1-3-4-8-7-17-12-10(16-2)6-5-9(11(8)12)13(14)15/h5-6,8H,3-4,7H2,1-2H3,(H,14,15). The molecule has 1 unspecified atom stereocenters. The molecule has 1 atom stereocenters. The monoisotopic (exact) mass is 236 g/mol. The number of ether oxygens (including phenoxy) is 2. The van der Waals surface area contributed by atoms with Gasteiger partial charge in [-0.1, -0.05) is 13.3 Å². The molecule has 2 rings (SSSR count). The third kappa shape index (κ3) is 1.95. The zero-order chi connectivity index (χ0) is 12.4. The Hall–Kier alpha value is -1.71. The fourth-order valence-electron chi connectivity index (χ4n) is 2.32. The van der Waals surface area contributed by atoms with Crippen molar-refractivity contribution >= 4 is 5.97 Å². The summed E-state index contributed by atoms with van der Waals surface area (Å²) in [5.41, 5.74) is 1.12. The van der Waals surface area contributed by atoms with Gasteiger partial charge in [-0.3, -0.25) is 0 Å². The van der Waals surface area contributed by atoms with Crippen molar-refractivity contribution in [2.75, 3.05) is 13.7 Å². The molecule has 0 amide bonds. The van der Waals surface area contributed by atoms with Gasteiger partial charge in [-0.05, 0) is 18.6 Å². The van der Waals surface area contributed by atoms with Crippen molar-refractivity contribution in [3.05, 3.63) is 23.3 Å². The minimum atomic E-state index is -0.907. The number of hydrogen-bond donors (Lipinski definition) is 1. The van der Waals surface area contributed by atoms with E-state index in [1.54, 1.807) is 19.2 Å². The summed E-state index contributed by atoms with van der Waals surface area (Å²) in [7, 11) is 1.56. The highest BCUT2D eigenvalue weighted by Gasteiger charge is 2.31. The van der Waals surface area contributed by atoms with Crippen molar-refractivity contribution in [2.24, 2.45) is 0 Å². The Bertz CT molecular complexity index is 439. The fourth-order valence-corrected chi connectivity index (χ4v) is 2.32. The van der Waals surface area contributed by atoms with Crippen molar-refractivity contribution in [1.29, 1.82) is 0 Å². The Kier molecular flexibility index (Phi) is 3.22. The highest BCUT2D eigenvalue weighted by atomic mass is 16.5. The van der Waals surface area contributed by atoms with E-state index in [2.05, 4.69) is 6.92 Å². The third-order valence-corrected chi connectivity index (χ3v) is 3.08. The van der Waals surface area contributed by atoms with Crippen molar-refractivity contribution < 1.29 is 19.4 Å². The summed E-state index contributed by atoms with van der Waals surface area (Å²) in [6.07, 6.45) is 1.93. The number of carboxylic acids is 1. The fraction of sp³-hybridized carbons (Fsp3) is 0.462. The van der Waals surface area contributed by atoms with Gasteiger partial charge in [-0.2, -0.15) is 0 Å². The minimum absolute atomic E-state index is 0.163. The SMILES string of the molecule is CCCC1COc2c(OC)ccc(C(=O)O)c21. The number of hydrogen-bond acceptors (Lipinski definition) is 3. The van der Waals surface area contributed by atoms with Crippen LogP contribution in [0, 0.1) is 0 Å². The number of aromatic carboxylic acids is 1. The smallest absolute Gasteiger partial charge is 0.336 e. The van der Waals surface area contributed by atoms with Crippen molar-refractivity contribution in [2.45, 2.75) is 25.7 Å². The lowest BCUT2D eigenvalue weighted by atomic mass is 9.92. The molecular formula is C13H16O4. The summed E-state index contributed by atoms with van der Waals surface area (Å²) in [5.74, 6) is 0.473. The molecule has 4 nitrogen and oxygen atoms in total. The average molecular weight is 236 g/mol. The molecule has 4 heteroatoms. The first-order chi connectivity index (χ1) is 8.19. The van der Waals surface area contributed by atoms with E-state index in [0.29, 0.717) is 23.7 Å². The molecule has 1 N–H and O–H groups in total. The number of fused-ring (bicyclic) bond motifs is 1. The molecule has 0 fully saturated rings. The average Bonchev–Trinajstić information content (AvgIpc) is 2.72. The van der Waals surface area contributed by atoms with E-state index >= 15 is 0 Å². The molecule has 1 heterocycles. The van der Waals surface area contributed by atoms with Gasteiger partial charge in [-0.25, -0.2) is 4.79 Å². The molecule has 17 heavy (non-hydrogen) atoms. The molecule has 1 aliphatic heterocycles. The second-order valence-corrected chi connectivity index (χ2v) is 4.16. The topological polar surface area (TPSA) is 55.8 Å². The van der Waals surface area contributed by atoms with Crippen LogP contribution in [0.3, 0.4) is 0 Å². The lowest BCUT2D eigenvalue weighted by molar-refractivity contribution is 0.0695. The molecule has 0 radical (unpaired) electrons. The van der Waals surface area contributed by atoms with Crippen LogP contribution in [0.15, 0.2) is 12.1 Å². The first kappa shape index (κ1) is 11.8. The van der Waals surface area contributed by atoms with E-state index in [9.17, 15) is 9.90 Å². The summed E-state index contributed by atoms with van der Waals surface area (Å²) < 4.78 is 10.8. The van der Waals surface area contributed by atoms with Gasteiger partial charge in [0.15, 0.2) is 11.5 Å². The molecule has 0 bridgehead atoms. The van der Waals surface area contributed by atoms with E-state index in [-0.39, 0.29) is 5.92 Å². The van der Waals surface area contributed by atoms with Crippen LogP contribution < -0.4 is 9.47 Å². The van der Waals surface area contributed by atoms with Crippen LogP contribution in [0.5, 0.6) is 11.5 Å². The Labute approximate surface area is 100 Å². The Morgan fingerprint density at radius 3 is 2.94 bits per heavy atom. The van der Waals surface area contributed by atoms with Crippen molar-refractivity contribution in [3.8, 4) is 11.5 Å². The van der Waals surface area contributed by atoms with Crippen LogP contribution in [0.4, 0.5) is 0 Å². The van der Waals surface area contributed by atoms with Crippen LogP contribution in [0.1, 0.15) is 41.6 Å². The van der Waals surface area contributed by atoms with Crippen LogP contribution in [-0.2, 0) is 0 Å². The van der Waals surface area contributed by atoms with Crippen molar-refractivity contribution in [1.82, 2.24) is 0 Å². The third-order valence-electron chi connectivity index (χ3n) is 3.08.